The van der Waals surface area contributed by atoms with Crippen LogP contribution in [0.25, 0.3) is 5.65 Å². The number of rotatable bonds is 5. The maximum absolute atomic E-state index is 13.7. The van der Waals surface area contributed by atoms with Gasteiger partial charge < -0.3 is 9.72 Å². The van der Waals surface area contributed by atoms with Crippen LogP contribution in [0.15, 0.2) is 85.2 Å². The van der Waals surface area contributed by atoms with E-state index < -0.39 is 11.6 Å². The molecule has 1 atom stereocenters. The molecule has 1 aliphatic heterocycles. The molecule has 1 N–H and O–H groups in total. The third-order valence-electron chi connectivity index (χ3n) is 5.72. The number of aryl methyl sites for hydroxylation is 1. The lowest BCUT2D eigenvalue weighted by molar-refractivity contribution is -0.132. The molecule has 1 fully saturated rings. The predicted octanol–water partition coefficient (Wildman–Crippen LogP) is 3.83. The van der Waals surface area contributed by atoms with Gasteiger partial charge in [-0.3, -0.25) is 9.69 Å². The van der Waals surface area contributed by atoms with Crippen molar-refractivity contribution in [3.05, 3.63) is 108 Å². The molecule has 2 aromatic heterocycles. The third kappa shape index (κ3) is 3.36. The minimum absolute atomic E-state index is 0.120. The summed E-state index contributed by atoms with van der Waals surface area (Å²) in [6.07, 6.45) is 4.22. The van der Waals surface area contributed by atoms with E-state index in [1.807, 2.05) is 96.5 Å². The third-order valence-corrected chi connectivity index (χ3v) is 5.72. The fraction of sp³-hybridized carbons (Fsp3) is 0.160. The van der Waals surface area contributed by atoms with E-state index in [1.165, 1.54) is 4.90 Å². The Morgan fingerprint density at radius 3 is 2.35 bits per heavy atom. The minimum Gasteiger partial charge on any atom is -0.319 e. The fourth-order valence-corrected chi connectivity index (χ4v) is 4.21. The Bertz CT molecular complexity index is 1270. The molecule has 6 heteroatoms. The fourth-order valence-electron chi connectivity index (χ4n) is 4.21. The molecule has 0 saturated carbocycles. The van der Waals surface area contributed by atoms with Crippen molar-refractivity contribution in [3.63, 3.8) is 0 Å². The molecule has 154 valence electrons. The van der Waals surface area contributed by atoms with E-state index in [1.54, 1.807) is 0 Å². The zero-order chi connectivity index (χ0) is 21.4. The first-order valence-corrected chi connectivity index (χ1v) is 10.2. The van der Waals surface area contributed by atoms with Crippen LogP contribution in [0.1, 0.15) is 22.4 Å². The van der Waals surface area contributed by atoms with Crippen molar-refractivity contribution in [2.75, 3.05) is 0 Å². The lowest BCUT2D eigenvalue weighted by Gasteiger charge is -2.27. The summed E-state index contributed by atoms with van der Waals surface area (Å²) in [5, 5.41) is 3.00. The van der Waals surface area contributed by atoms with Crippen molar-refractivity contribution in [2.45, 2.75) is 25.4 Å². The Kier molecular flexibility index (Phi) is 4.55. The van der Waals surface area contributed by atoms with E-state index >= 15 is 0 Å². The van der Waals surface area contributed by atoms with Gasteiger partial charge in [0, 0.05) is 18.8 Å². The Morgan fingerprint density at radius 1 is 0.903 bits per heavy atom. The first-order valence-electron chi connectivity index (χ1n) is 10.2. The van der Waals surface area contributed by atoms with Crippen molar-refractivity contribution in [2.24, 2.45) is 0 Å². The van der Waals surface area contributed by atoms with Crippen molar-refractivity contribution >= 4 is 17.6 Å². The average Bonchev–Trinajstić information content (AvgIpc) is 3.29. The molecule has 2 aromatic carbocycles. The number of urea groups is 1. The maximum atomic E-state index is 13.7. The van der Waals surface area contributed by atoms with Crippen molar-refractivity contribution in [3.8, 4) is 0 Å². The Morgan fingerprint density at radius 2 is 1.61 bits per heavy atom. The van der Waals surface area contributed by atoms with Gasteiger partial charge in [0.15, 0.2) is 5.54 Å². The summed E-state index contributed by atoms with van der Waals surface area (Å²) in [6.45, 7) is 2.13. The summed E-state index contributed by atoms with van der Waals surface area (Å²) in [5.74, 6) is -0.263. The molecular weight excluding hydrogens is 388 g/mol. The van der Waals surface area contributed by atoms with Crippen LogP contribution in [0.5, 0.6) is 0 Å². The number of imide groups is 1. The van der Waals surface area contributed by atoms with Crippen molar-refractivity contribution < 1.29 is 9.59 Å². The molecular formula is C25H22N4O2. The summed E-state index contributed by atoms with van der Waals surface area (Å²) in [7, 11) is 0. The van der Waals surface area contributed by atoms with E-state index in [2.05, 4.69) is 10.3 Å². The second-order valence-corrected chi connectivity index (χ2v) is 7.96. The molecule has 1 aliphatic rings. The van der Waals surface area contributed by atoms with Gasteiger partial charge in [0.1, 0.15) is 5.65 Å². The van der Waals surface area contributed by atoms with Gasteiger partial charge in [-0.15, -0.1) is 0 Å². The normalized spacial score (nSPS) is 18.5. The summed E-state index contributed by atoms with van der Waals surface area (Å²) < 4.78 is 1.91. The van der Waals surface area contributed by atoms with Crippen LogP contribution >= 0.6 is 0 Å². The number of fused-ring (bicyclic) bond motifs is 1. The smallest absolute Gasteiger partial charge is 0.319 e. The molecule has 6 nitrogen and oxygen atoms in total. The quantitative estimate of drug-likeness (QED) is 0.509. The van der Waals surface area contributed by atoms with Crippen molar-refractivity contribution in [1.29, 1.82) is 0 Å². The molecule has 5 rings (SSSR count). The standard InChI is InChI=1S/C25H22N4O2/c1-18-12-13-22-26-21(16-28(22)15-18)17-29-23(30)25(27-24(29)31,20-10-6-3-7-11-20)14-19-8-4-2-5-9-19/h2-13,15-16H,14,17H2,1H3,(H,27,31)/t25-/m0/s1. The molecule has 3 amide bonds. The van der Waals surface area contributed by atoms with Gasteiger partial charge in [-0.2, -0.15) is 0 Å². The van der Waals surface area contributed by atoms with Gasteiger partial charge in [-0.25, -0.2) is 9.78 Å². The van der Waals surface area contributed by atoms with Crippen LogP contribution in [0.2, 0.25) is 0 Å². The van der Waals surface area contributed by atoms with Crippen LogP contribution < -0.4 is 5.32 Å². The molecule has 31 heavy (non-hydrogen) atoms. The molecule has 4 aromatic rings. The zero-order valence-corrected chi connectivity index (χ0v) is 17.2. The van der Waals surface area contributed by atoms with Crippen LogP contribution in [0, 0.1) is 6.92 Å². The highest BCUT2D eigenvalue weighted by atomic mass is 16.2. The van der Waals surface area contributed by atoms with Crippen molar-refractivity contribution in [1.82, 2.24) is 19.6 Å². The number of nitrogens with one attached hydrogen (secondary N) is 1. The topological polar surface area (TPSA) is 66.7 Å². The molecule has 3 heterocycles. The number of amides is 3. The molecule has 0 radical (unpaired) electrons. The molecule has 0 bridgehead atoms. The minimum atomic E-state index is -1.14. The van der Waals surface area contributed by atoms with Gasteiger partial charge in [0.2, 0.25) is 0 Å². The van der Waals surface area contributed by atoms with Gasteiger partial charge >= 0.3 is 6.03 Å². The number of hydrogen-bond acceptors (Lipinski definition) is 3. The Hall–Kier alpha value is -3.93. The monoisotopic (exact) mass is 410 g/mol. The SMILES string of the molecule is Cc1ccc2nc(CN3C(=O)N[C@@](Cc4ccccc4)(c4ccccc4)C3=O)cn2c1. The maximum Gasteiger partial charge on any atom is 0.325 e. The largest absolute Gasteiger partial charge is 0.325 e. The van der Waals surface area contributed by atoms with Crippen LogP contribution in [0.3, 0.4) is 0 Å². The first kappa shape index (κ1) is 19.1. The highest BCUT2D eigenvalue weighted by molar-refractivity contribution is 6.07. The number of benzene rings is 2. The molecule has 0 unspecified atom stereocenters. The van der Waals surface area contributed by atoms with E-state index in [-0.39, 0.29) is 12.5 Å². The number of aromatic nitrogens is 2. The van der Waals surface area contributed by atoms with Gasteiger partial charge in [-0.1, -0.05) is 66.7 Å². The number of hydrogen-bond donors (Lipinski definition) is 1. The summed E-state index contributed by atoms with van der Waals surface area (Å²) in [4.78, 5) is 32.6. The summed E-state index contributed by atoms with van der Waals surface area (Å²) >= 11 is 0. The van der Waals surface area contributed by atoms with Gasteiger partial charge in [0.05, 0.1) is 12.2 Å². The lowest BCUT2D eigenvalue weighted by atomic mass is 9.83. The Balaban J connectivity index is 1.51. The van der Waals surface area contributed by atoms with E-state index in [4.69, 9.17) is 0 Å². The Labute approximate surface area is 180 Å². The molecule has 1 saturated heterocycles. The second kappa shape index (κ2) is 7.40. The number of nitrogens with zero attached hydrogens (tertiary/aromatic N) is 3. The highest BCUT2D eigenvalue weighted by Crippen LogP contribution is 2.33. The van der Waals surface area contributed by atoms with E-state index in [9.17, 15) is 9.59 Å². The van der Waals surface area contributed by atoms with Crippen LogP contribution in [0.4, 0.5) is 4.79 Å². The zero-order valence-electron chi connectivity index (χ0n) is 17.2. The van der Waals surface area contributed by atoms with Gasteiger partial charge in [-0.05, 0) is 29.7 Å². The number of carbonyl (C=O) groups excluding carboxylic acids is 2. The number of carbonyl (C=O) groups is 2. The molecule has 0 aliphatic carbocycles. The highest BCUT2D eigenvalue weighted by Gasteiger charge is 2.52. The first-order chi connectivity index (χ1) is 15.0. The molecule has 0 spiro atoms. The van der Waals surface area contributed by atoms with E-state index in [0.717, 1.165) is 22.3 Å². The summed E-state index contributed by atoms with van der Waals surface area (Å²) in [6, 6.07) is 22.7. The second-order valence-electron chi connectivity index (χ2n) is 7.96. The lowest BCUT2D eigenvalue weighted by Crippen LogP contribution is -2.46. The van der Waals surface area contributed by atoms with E-state index in [0.29, 0.717) is 12.1 Å². The van der Waals surface area contributed by atoms with Crippen LogP contribution in [-0.4, -0.2) is 26.2 Å². The predicted molar refractivity (Wildman–Crippen MR) is 117 cm³/mol. The average molecular weight is 410 g/mol. The summed E-state index contributed by atoms with van der Waals surface area (Å²) in [5.41, 5.74) is 3.16. The number of imidazole rings is 1. The number of pyridine rings is 1. The van der Waals surface area contributed by atoms with Crippen LogP contribution in [-0.2, 0) is 23.3 Å². The van der Waals surface area contributed by atoms with Gasteiger partial charge in [0.25, 0.3) is 5.91 Å².